The van der Waals surface area contributed by atoms with Crippen LogP contribution in [0.15, 0.2) is 75.9 Å². The quantitative estimate of drug-likeness (QED) is 0.349. The Hall–Kier alpha value is -2.46. The van der Waals surface area contributed by atoms with E-state index in [4.69, 9.17) is 44.0 Å². The molecule has 0 saturated carbocycles. The molecular weight excluding hydrogens is 419 g/mol. The summed E-state index contributed by atoms with van der Waals surface area (Å²) in [6.45, 7) is 0.0130. The maximum Gasteiger partial charge on any atom is 0.235 e. The van der Waals surface area contributed by atoms with Crippen LogP contribution in [0, 0.1) is 0 Å². The van der Waals surface area contributed by atoms with Gasteiger partial charge in [0, 0.05) is 21.2 Å². The Balaban J connectivity index is 1.88. The number of benzene rings is 3. The molecule has 140 valence electrons. The lowest BCUT2D eigenvalue weighted by atomic mass is 10.1. The van der Waals surface area contributed by atoms with Crippen LogP contribution in [0.5, 0.6) is 5.75 Å². The van der Waals surface area contributed by atoms with Crippen molar-refractivity contribution >= 4 is 45.8 Å². The van der Waals surface area contributed by atoms with Crippen molar-refractivity contribution in [3.63, 3.8) is 0 Å². The molecule has 0 amide bonds. The minimum Gasteiger partial charge on any atom is -0.481 e. The van der Waals surface area contributed by atoms with Gasteiger partial charge in [-0.05, 0) is 36.4 Å². The molecule has 1 aromatic heterocycles. The van der Waals surface area contributed by atoms with E-state index in [0.29, 0.717) is 37.2 Å². The largest absolute Gasteiger partial charge is 0.481 e. The van der Waals surface area contributed by atoms with E-state index in [1.807, 2.05) is 6.07 Å². The zero-order valence-electron chi connectivity index (χ0n) is 14.4. The zero-order valence-corrected chi connectivity index (χ0v) is 16.7. The molecule has 0 saturated heterocycles. The molecule has 0 N–H and O–H groups in total. The average molecular weight is 432 g/mol. The minimum atomic E-state index is -0.292. The van der Waals surface area contributed by atoms with E-state index in [1.54, 1.807) is 60.7 Å². The van der Waals surface area contributed by atoms with Gasteiger partial charge in [0.25, 0.3) is 0 Å². The Bertz CT molecular complexity index is 1210. The first-order valence-electron chi connectivity index (χ1n) is 8.42. The highest BCUT2D eigenvalue weighted by Gasteiger charge is 2.20. The van der Waals surface area contributed by atoms with Gasteiger partial charge in [0.1, 0.15) is 12.2 Å². The fraction of sp³-hybridized carbons (Fsp3) is 0.0455. The van der Waals surface area contributed by atoms with E-state index in [2.05, 4.69) is 0 Å². The molecule has 3 nitrogen and oxygen atoms in total. The number of para-hydroxylation sites is 1. The summed E-state index contributed by atoms with van der Waals surface area (Å²) < 4.78 is 11.9. The number of rotatable bonds is 4. The summed E-state index contributed by atoms with van der Waals surface area (Å²) in [4.78, 5) is 13.1. The SMILES string of the molecule is O=c1c(OCc2c(Cl)cccc2Cl)c(-c2ccccc2Cl)oc2ccccc12. The van der Waals surface area contributed by atoms with E-state index < -0.39 is 0 Å². The van der Waals surface area contributed by atoms with Crippen molar-refractivity contribution in [2.24, 2.45) is 0 Å². The van der Waals surface area contributed by atoms with E-state index in [1.165, 1.54) is 0 Å². The molecule has 0 atom stereocenters. The van der Waals surface area contributed by atoms with Crippen LogP contribution in [-0.2, 0) is 6.61 Å². The van der Waals surface area contributed by atoms with Crippen molar-refractivity contribution in [1.82, 2.24) is 0 Å². The third kappa shape index (κ3) is 3.49. The zero-order chi connectivity index (χ0) is 19.7. The van der Waals surface area contributed by atoms with Gasteiger partial charge in [-0.15, -0.1) is 0 Å². The summed E-state index contributed by atoms with van der Waals surface area (Å²) in [6, 6.07) is 19.3. The second kappa shape index (κ2) is 7.88. The molecule has 3 aromatic carbocycles. The molecule has 0 fully saturated rings. The van der Waals surface area contributed by atoms with Gasteiger partial charge >= 0.3 is 0 Å². The van der Waals surface area contributed by atoms with Gasteiger partial charge in [-0.2, -0.15) is 0 Å². The molecule has 0 bridgehead atoms. The van der Waals surface area contributed by atoms with Gasteiger partial charge in [0.05, 0.1) is 10.4 Å². The number of hydrogen-bond acceptors (Lipinski definition) is 3. The molecule has 0 spiro atoms. The summed E-state index contributed by atoms with van der Waals surface area (Å²) in [7, 11) is 0. The molecule has 1 heterocycles. The smallest absolute Gasteiger partial charge is 0.235 e. The molecule has 0 aliphatic heterocycles. The minimum absolute atomic E-state index is 0.0130. The van der Waals surface area contributed by atoms with Gasteiger partial charge in [-0.3, -0.25) is 4.79 Å². The highest BCUT2D eigenvalue weighted by Crippen LogP contribution is 2.36. The number of ether oxygens (including phenoxy) is 1. The standard InChI is InChI=1S/C22H13Cl3O3/c23-16-8-3-1-6-13(16)21-22(20(26)14-7-2-4-11-19(14)28-21)27-12-15-17(24)9-5-10-18(15)25/h1-11H,12H2. The van der Waals surface area contributed by atoms with Crippen LogP contribution >= 0.6 is 34.8 Å². The number of fused-ring (bicyclic) bond motifs is 1. The van der Waals surface area contributed by atoms with E-state index in [9.17, 15) is 4.79 Å². The first-order valence-corrected chi connectivity index (χ1v) is 9.56. The fourth-order valence-electron chi connectivity index (χ4n) is 2.89. The van der Waals surface area contributed by atoms with Gasteiger partial charge < -0.3 is 9.15 Å². The van der Waals surface area contributed by atoms with Gasteiger partial charge in [0.2, 0.25) is 11.2 Å². The number of halogens is 3. The second-order valence-corrected chi connectivity index (χ2v) is 7.28. The Kier molecular flexibility index (Phi) is 5.31. The summed E-state index contributed by atoms with van der Waals surface area (Å²) in [5, 5.41) is 1.77. The van der Waals surface area contributed by atoms with Crippen LogP contribution in [0.4, 0.5) is 0 Å². The predicted molar refractivity (Wildman–Crippen MR) is 114 cm³/mol. The van der Waals surface area contributed by atoms with E-state index in [-0.39, 0.29) is 23.5 Å². The van der Waals surface area contributed by atoms with Gasteiger partial charge in [0.15, 0.2) is 5.76 Å². The Morgan fingerprint density at radius 3 is 2.18 bits per heavy atom. The third-order valence-corrected chi connectivity index (χ3v) is 5.33. The molecule has 0 unspecified atom stereocenters. The van der Waals surface area contributed by atoms with Gasteiger partial charge in [-0.25, -0.2) is 0 Å². The Morgan fingerprint density at radius 1 is 0.786 bits per heavy atom. The molecular formula is C22H13Cl3O3. The molecule has 0 aliphatic carbocycles. The Labute approximate surface area is 176 Å². The molecule has 6 heteroatoms. The highest BCUT2D eigenvalue weighted by molar-refractivity contribution is 6.36. The summed E-state index contributed by atoms with van der Waals surface area (Å²) in [5.74, 6) is 0.320. The lowest BCUT2D eigenvalue weighted by Gasteiger charge is -2.14. The van der Waals surface area contributed by atoms with Gasteiger partial charge in [-0.1, -0.05) is 65.1 Å². The average Bonchev–Trinajstić information content (AvgIpc) is 2.69. The van der Waals surface area contributed by atoms with Crippen molar-refractivity contribution in [2.75, 3.05) is 0 Å². The molecule has 0 aliphatic rings. The third-order valence-electron chi connectivity index (χ3n) is 4.30. The van der Waals surface area contributed by atoms with Crippen LogP contribution in [0.25, 0.3) is 22.3 Å². The maximum atomic E-state index is 13.1. The van der Waals surface area contributed by atoms with Crippen LogP contribution in [0.1, 0.15) is 5.56 Å². The summed E-state index contributed by atoms with van der Waals surface area (Å²) in [6.07, 6.45) is 0. The van der Waals surface area contributed by atoms with Crippen LogP contribution in [-0.4, -0.2) is 0 Å². The molecule has 4 rings (SSSR count). The van der Waals surface area contributed by atoms with Crippen LogP contribution in [0.2, 0.25) is 15.1 Å². The van der Waals surface area contributed by atoms with Crippen molar-refractivity contribution in [3.8, 4) is 17.1 Å². The summed E-state index contributed by atoms with van der Waals surface area (Å²) >= 11 is 18.8. The molecule has 0 radical (unpaired) electrons. The predicted octanol–water partition coefficient (Wildman–Crippen LogP) is 7.00. The van der Waals surface area contributed by atoms with E-state index >= 15 is 0 Å². The van der Waals surface area contributed by atoms with Crippen LogP contribution < -0.4 is 10.2 Å². The van der Waals surface area contributed by atoms with Crippen molar-refractivity contribution in [1.29, 1.82) is 0 Å². The maximum absolute atomic E-state index is 13.1. The fourth-order valence-corrected chi connectivity index (χ4v) is 3.62. The Morgan fingerprint density at radius 2 is 1.43 bits per heavy atom. The second-order valence-electron chi connectivity index (χ2n) is 6.05. The molecule has 28 heavy (non-hydrogen) atoms. The topological polar surface area (TPSA) is 39.4 Å². The van der Waals surface area contributed by atoms with Crippen molar-refractivity contribution in [3.05, 3.63) is 97.6 Å². The summed E-state index contributed by atoms with van der Waals surface area (Å²) in [5.41, 5.74) is 1.31. The lowest BCUT2D eigenvalue weighted by molar-refractivity contribution is 0.298. The van der Waals surface area contributed by atoms with Crippen molar-refractivity contribution < 1.29 is 9.15 Å². The van der Waals surface area contributed by atoms with E-state index in [0.717, 1.165) is 0 Å². The normalized spacial score (nSPS) is 11.0. The molecule has 4 aromatic rings. The lowest BCUT2D eigenvalue weighted by Crippen LogP contribution is -2.10. The first-order chi connectivity index (χ1) is 13.6. The first kappa shape index (κ1) is 18.9. The monoisotopic (exact) mass is 430 g/mol. The van der Waals surface area contributed by atoms with Crippen LogP contribution in [0.3, 0.4) is 0 Å². The highest BCUT2D eigenvalue weighted by atomic mass is 35.5. The van der Waals surface area contributed by atoms with Crippen molar-refractivity contribution in [2.45, 2.75) is 6.61 Å². The number of hydrogen-bond donors (Lipinski definition) is 0.